The summed E-state index contributed by atoms with van der Waals surface area (Å²) in [7, 11) is 0. The van der Waals surface area contributed by atoms with Crippen molar-refractivity contribution in [3.05, 3.63) is 38.9 Å². The number of nitrogens with one attached hydrogen (secondary N) is 1. The molecule has 1 fully saturated rings. The van der Waals surface area contributed by atoms with Crippen LogP contribution >= 0.6 is 0 Å². The van der Waals surface area contributed by atoms with Crippen LogP contribution in [0.25, 0.3) is 11.1 Å². The third-order valence-corrected chi connectivity index (χ3v) is 5.38. The van der Waals surface area contributed by atoms with E-state index < -0.39 is 10.7 Å². The van der Waals surface area contributed by atoms with E-state index in [1.807, 2.05) is 6.92 Å². The molecule has 2 heterocycles. The molecule has 0 radical (unpaired) electrons. The number of carbonyl (C=O) groups is 1. The van der Waals surface area contributed by atoms with E-state index in [-0.39, 0.29) is 35.7 Å². The number of nitro benzene ring substituents is 1. The highest BCUT2D eigenvalue weighted by Crippen LogP contribution is 2.20. The summed E-state index contributed by atoms with van der Waals surface area (Å²) in [6, 6.07) is 4.26. The summed E-state index contributed by atoms with van der Waals surface area (Å²) < 4.78 is 11.9. The normalized spacial score (nSPS) is 17.2. The van der Waals surface area contributed by atoms with Crippen molar-refractivity contribution in [2.24, 2.45) is 0 Å². The Morgan fingerprint density at radius 2 is 2.03 bits per heavy atom. The number of hydrogen-bond acceptors (Lipinski definition) is 7. The van der Waals surface area contributed by atoms with Crippen LogP contribution in [0.3, 0.4) is 0 Å². The van der Waals surface area contributed by atoms with Crippen LogP contribution in [0, 0.1) is 10.1 Å². The van der Waals surface area contributed by atoms with E-state index >= 15 is 0 Å². The smallest absolute Gasteiger partial charge is 0.407 e. The lowest BCUT2D eigenvalue weighted by Crippen LogP contribution is -2.52. The van der Waals surface area contributed by atoms with Gasteiger partial charge in [-0.15, -0.1) is 0 Å². The zero-order valence-corrected chi connectivity index (χ0v) is 16.6. The zero-order chi connectivity index (χ0) is 21.0. The van der Waals surface area contributed by atoms with Gasteiger partial charge in [0.05, 0.1) is 29.7 Å². The molecule has 158 valence electrons. The molecule has 0 bridgehead atoms. The first-order valence-corrected chi connectivity index (χ1v) is 9.75. The Kier molecular flexibility index (Phi) is 6.65. The van der Waals surface area contributed by atoms with Gasteiger partial charge in [0, 0.05) is 44.2 Å². The van der Waals surface area contributed by atoms with E-state index in [1.165, 1.54) is 22.8 Å². The fraction of sp³-hybridized carbons (Fsp3) is 0.579. The molecule has 2 unspecified atom stereocenters. The van der Waals surface area contributed by atoms with E-state index in [0.29, 0.717) is 31.7 Å². The molecule has 29 heavy (non-hydrogen) atoms. The predicted molar refractivity (Wildman–Crippen MR) is 106 cm³/mol. The zero-order valence-electron chi connectivity index (χ0n) is 16.6. The molecule has 1 aromatic heterocycles. The van der Waals surface area contributed by atoms with Gasteiger partial charge < -0.3 is 14.5 Å². The number of ether oxygens (including phenoxy) is 1. The Balaban J connectivity index is 1.53. The van der Waals surface area contributed by atoms with Gasteiger partial charge in [-0.2, -0.15) is 0 Å². The first-order chi connectivity index (χ1) is 13.9. The molecule has 2 aromatic rings. The molecular formula is C19H26N4O6. The topological polar surface area (TPSA) is 120 Å². The predicted octanol–water partition coefficient (Wildman–Crippen LogP) is 1.51. The standard InChI is InChI=1S/C19H26N4O6/c1-13(14(2)21-8-10-28-11-9-21)20-18(24)4-3-7-22-16-6-5-15(23(26)27)12-17(16)29-19(22)25/h5-6,12-14H,3-4,7-11H2,1-2H3,(H,20,24). The summed E-state index contributed by atoms with van der Waals surface area (Å²) in [6.07, 6.45) is 0.724. The van der Waals surface area contributed by atoms with E-state index in [0.717, 1.165) is 13.1 Å². The van der Waals surface area contributed by atoms with Gasteiger partial charge >= 0.3 is 5.76 Å². The van der Waals surface area contributed by atoms with Gasteiger partial charge in [-0.05, 0) is 26.3 Å². The molecular weight excluding hydrogens is 380 g/mol. The highest BCUT2D eigenvalue weighted by atomic mass is 16.6. The molecule has 10 nitrogen and oxygen atoms in total. The van der Waals surface area contributed by atoms with Crippen LogP contribution in [0.2, 0.25) is 0 Å². The monoisotopic (exact) mass is 406 g/mol. The molecule has 1 aliphatic rings. The van der Waals surface area contributed by atoms with E-state index in [4.69, 9.17) is 9.15 Å². The number of benzene rings is 1. The Morgan fingerprint density at radius 1 is 1.31 bits per heavy atom. The molecule has 1 saturated heterocycles. The molecule has 1 aliphatic heterocycles. The third kappa shape index (κ3) is 5.01. The van der Waals surface area contributed by atoms with Crippen molar-refractivity contribution in [2.75, 3.05) is 26.3 Å². The van der Waals surface area contributed by atoms with Gasteiger partial charge in [0.25, 0.3) is 5.69 Å². The van der Waals surface area contributed by atoms with Crippen LogP contribution in [0.15, 0.2) is 27.4 Å². The summed E-state index contributed by atoms with van der Waals surface area (Å²) in [4.78, 5) is 36.9. The fourth-order valence-corrected chi connectivity index (χ4v) is 3.53. The number of nitro groups is 1. The minimum atomic E-state index is -0.588. The number of rotatable bonds is 8. The maximum absolute atomic E-state index is 12.3. The van der Waals surface area contributed by atoms with Crippen molar-refractivity contribution in [2.45, 2.75) is 45.3 Å². The van der Waals surface area contributed by atoms with E-state index in [1.54, 1.807) is 0 Å². The number of aryl methyl sites for hydroxylation is 1. The lowest BCUT2D eigenvalue weighted by atomic mass is 10.1. The molecule has 0 aliphatic carbocycles. The van der Waals surface area contributed by atoms with Crippen molar-refractivity contribution in [3.63, 3.8) is 0 Å². The molecule has 1 amide bonds. The number of oxazole rings is 1. The van der Waals surface area contributed by atoms with Crippen LogP contribution in [0.4, 0.5) is 5.69 Å². The van der Waals surface area contributed by atoms with Crippen molar-refractivity contribution in [1.29, 1.82) is 0 Å². The lowest BCUT2D eigenvalue weighted by Gasteiger charge is -2.35. The average molecular weight is 406 g/mol. The average Bonchev–Trinajstić information content (AvgIpc) is 3.02. The van der Waals surface area contributed by atoms with Crippen molar-refractivity contribution in [1.82, 2.24) is 14.8 Å². The van der Waals surface area contributed by atoms with Crippen LogP contribution in [-0.4, -0.2) is 58.7 Å². The highest BCUT2D eigenvalue weighted by molar-refractivity contribution is 5.77. The van der Waals surface area contributed by atoms with Gasteiger partial charge in [0.2, 0.25) is 5.91 Å². The Hall–Kier alpha value is -2.72. The third-order valence-electron chi connectivity index (χ3n) is 5.38. The number of aromatic nitrogens is 1. The second-order valence-corrected chi connectivity index (χ2v) is 7.28. The first-order valence-electron chi connectivity index (χ1n) is 9.75. The molecule has 3 rings (SSSR count). The highest BCUT2D eigenvalue weighted by Gasteiger charge is 2.23. The maximum Gasteiger partial charge on any atom is 0.419 e. The summed E-state index contributed by atoms with van der Waals surface area (Å²) in [5.41, 5.74) is 0.512. The Morgan fingerprint density at radius 3 is 2.72 bits per heavy atom. The second-order valence-electron chi connectivity index (χ2n) is 7.28. The number of carbonyl (C=O) groups excluding carboxylic acids is 1. The molecule has 0 saturated carbocycles. The van der Waals surface area contributed by atoms with Gasteiger partial charge in [-0.25, -0.2) is 4.79 Å². The van der Waals surface area contributed by atoms with Crippen LogP contribution in [0.1, 0.15) is 26.7 Å². The van der Waals surface area contributed by atoms with Crippen LogP contribution in [0.5, 0.6) is 0 Å². The molecule has 1 aromatic carbocycles. The van der Waals surface area contributed by atoms with Gasteiger partial charge in [-0.3, -0.25) is 24.4 Å². The number of hydrogen-bond donors (Lipinski definition) is 1. The van der Waals surface area contributed by atoms with Crippen molar-refractivity contribution in [3.8, 4) is 0 Å². The largest absolute Gasteiger partial charge is 0.419 e. The number of fused-ring (bicyclic) bond motifs is 1. The van der Waals surface area contributed by atoms with E-state index in [2.05, 4.69) is 17.1 Å². The number of amides is 1. The van der Waals surface area contributed by atoms with Crippen molar-refractivity contribution < 1.29 is 18.9 Å². The molecule has 2 atom stereocenters. The summed E-state index contributed by atoms with van der Waals surface area (Å²) in [6.45, 7) is 7.51. The van der Waals surface area contributed by atoms with Crippen LogP contribution < -0.4 is 11.1 Å². The Labute approximate surface area is 167 Å². The first kappa shape index (κ1) is 21.0. The fourth-order valence-electron chi connectivity index (χ4n) is 3.53. The maximum atomic E-state index is 12.3. The molecule has 1 N–H and O–H groups in total. The number of nitrogens with zero attached hydrogens (tertiary/aromatic N) is 3. The van der Waals surface area contributed by atoms with Gasteiger partial charge in [0.1, 0.15) is 0 Å². The number of morpholine rings is 1. The van der Waals surface area contributed by atoms with E-state index in [9.17, 15) is 19.7 Å². The minimum Gasteiger partial charge on any atom is -0.407 e. The summed E-state index contributed by atoms with van der Waals surface area (Å²) in [5.74, 6) is -0.663. The SMILES string of the molecule is CC(NC(=O)CCCn1c(=O)oc2cc([N+](=O)[O-])ccc21)C(C)N1CCOCC1. The Bertz CT molecular complexity index is 930. The van der Waals surface area contributed by atoms with Crippen molar-refractivity contribution >= 4 is 22.7 Å². The quantitative estimate of drug-likeness (QED) is 0.521. The minimum absolute atomic E-state index is 0.00127. The summed E-state index contributed by atoms with van der Waals surface area (Å²) >= 11 is 0. The van der Waals surface area contributed by atoms with Gasteiger partial charge in [0.15, 0.2) is 5.58 Å². The molecule has 0 spiro atoms. The molecule has 10 heteroatoms. The lowest BCUT2D eigenvalue weighted by molar-refractivity contribution is -0.384. The summed E-state index contributed by atoms with van der Waals surface area (Å²) in [5, 5.41) is 13.9. The second kappa shape index (κ2) is 9.19. The van der Waals surface area contributed by atoms with Gasteiger partial charge in [-0.1, -0.05) is 0 Å². The number of non-ortho nitro benzene ring substituents is 1. The van der Waals surface area contributed by atoms with Crippen LogP contribution in [-0.2, 0) is 16.1 Å².